The summed E-state index contributed by atoms with van der Waals surface area (Å²) in [5.74, 6) is 0. The van der Waals surface area contributed by atoms with Gasteiger partial charge in [-0.3, -0.25) is 11.3 Å². The van der Waals surface area contributed by atoms with E-state index in [2.05, 4.69) is 11.2 Å². The van der Waals surface area contributed by atoms with E-state index in [0.29, 0.717) is 0 Å². The molecule has 0 aliphatic carbocycles. The van der Waals surface area contributed by atoms with Crippen LogP contribution in [0.25, 0.3) is 0 Å². The first-order valence-electron chi connectivity index (χ1n) is 1.24. The topological polar surface area (TPSA) is 12.9 Å². The molecule has 1 aromatic rings. The second kappa shape index (κ2) is 3.81. The molecule has 0 unspecified atom stereocenters. The standard InChI is InChI=1S/C3H2NS.Na/c1-2-5-3-4-1;/h2-3H;/q-1;+1. The van der Waals surface area contributed by atoms with Gasteiger partial charge in [-0.2, -0.15) is 0 Å². The van der Waals surface area contributed by atoms with Gasteiger partial charge in [0, 0.05) is 0 Å². The zero-order chi connectivity index (χ0) is 3.54. The van der Waals surface area contributed by atoms with E-state index in [0.717, 1.165) is 0 Å². The van der Waals surface area contributed by atoms with Crippen molar-refractivity contribution >= 4 is 11.3 Å². The molecule has 0 aliphatic rings. The van der Waals surface area contributed by atoms with Crippen molar-refractivity contribution in [2.24, 2.45) is 0 Å². The molecule has 0 fully saturated rings. The molecule has 3 heteroatoms. The molecule has 1 rings (SSSR count). The van der Waals surface area contributed by atoms with E-state index in [1.165, 1.54) is 0 Å². The number of hydrogen-bond donors (Lipinski definition) is 0. The van der Waals surface area contributed by atoms with Gasteiger partial charge in [-0.05, 0) is 0 Å². The second-order valence-electron chi connectivity index (χ2n) is 0.618. The minimum Gasteiger partial charge on any atom is -0.448 e. The summed E-state index contributed by atoms with van der Waals surface area (Å²) in [5.41, 5.74) is 1.74. The van der Waals surface area contributed by atoms with Gasteiger partial charge in [0.25, 0.3) is 0 Å². The van der Waals surface area contributed by atoms with Gasteiger partial charge in [-0.25, -0.2) is 0 Å². The van der Waals surface area contributed by atoms with E-state index >= 15 is 0 Å². The zero-order valence-electron chi connectivity index (χ0n) is 3.51. The third kappa shape index (κ3) is 1.92. The molecular formula is C3H2NNaS. The molecular weight excluding hydrogens is 105 g/mol. The van der Waals surface area contributed by atoms with Crippen molar-refractivity contribution in [3.05, 3.63) is 17.1 Å². The van der Waals surface area contributed by atoms with E-state index in [-0.39, 0.29) is 29.6 Å². The minimum absolute atomic E-state index is 0. The molecule has 1 aromatic heterocycles. The van der Waals surface area contributed by atoms with Crippen LogP contribution in [0.4, 0.5) is 0 Å². The average Bonchev–Trinajstić information content (AvgIpc) is 1.76. The molecule has 26 valence electrons. The fourth-order valence-corrected chi connectivity index (χ4v) is 0.456. The molecule has 0 atom stereocenters. The van der Waals surface area contributed by atoms with E-state index < -0.39 is 0 Å². The molecule has 0 aromatic carbocycles. The summed E-state index contributed by atoms with van der Waals surface area (Å²) in [6, 6.07) is 0. The molecule has 0 amide bonds. The molecule has 0 spiro atoms. The second-order valence-corrected chi connectivity index (χ2v) is 1.34. The number of thiazole rings is 1. The van der Waals surface area contributed by atoms with E-state index in [4.69, 9.17) is 0 Å². The van der Waals surface area contributed by atoms with Gasteiger partial charge in [0.05, 0.1) is 0 Å². The molecule has 0 radical (unpaired) electrons. The number of hydrogen-bond acceptors (Lipinski definition) is 2. The minimum atomic E-state index is 0. The Bertz CT molecular complexity index is 67.3. The molecule has 0 N–H and O–H groups in total. The predicted molar refractivity (Wildman–Crippen MR) is 20.9 cm³/mol. The number of nitrogens with zero attached hydrogens (tertiary/aromatic N) is 1. The maximum absolute atomic E-state index is 3.62. The SMILES string of the molecule is [Na+].[c-]1cscn1. The number of rotatable bonds is 0. The monoisotopic (exact) mass is 107 g/mol. The summed E-state index contributed by atoms with van der Waals surface area (Å²) in [5, 5.41) is 1.81. The Labute approximate surface area is 62.7 Å². The zero-order valence-corrected chi connectivity index (χ0v) is 6.33. The Kier molecular flexibility index (Phi) is 4.21. The first-order valence-corrected chi connectivity index (χ1v) is 2.18. The van der Waals surface area contributed by atoms with Crippen LogP contribution < -0.4 is 29.6 Å². The first kappa shape index (κ1) is 6.63. The smallest absolute Gasteiger partial charge is 0.448 e. The Morgan fingerprint density at radius 1 is 1.67 bits per heavy atom. The molecule has 0 bridgehead atoms. The quantitative estimate of drug-likeness (QED) is 0.274. The molecule has 6 heavy (non-hydrogen) atoms. The summed E-state index contributed by atoms with van der Waals surface area (Å²) in [6.07, 6.45) is 2.63. The predicted octanol–water partition coefficient (Wildman–Crippen LogP) is -2.05. The molecule has 0 saturated heterocycles. The third-order valence-corrected chi connectivity index (χ3v) is 0.777. The Morgan fingerprint density at radius 2 is 2.50 bits per heavy atom. The fourth-order valence-electron chi connectivity index (χ4n) is 0.152. The van der Waals surface area contributed by atoms with Gasteiger partial charge in [0.2, 0.25) is 0 Å². The van der Waals surface area contributed by atoms with Gasteiger partial charge < -0.3 is 4.98 Å². The van der Waals surface area contributed by atoms with Crippen molar-refractivity contribution in [3.8, 4) is 0 Å². The Morgan fingerprint density at radius 3 is 2.67 bits per heavy atom. The molecule has 0 aliphatic heterocycles. The van der Waals surface area contributed by atoms with Crippen molar-refractivity contribution < 1.29 is 29.6 Å². The summed E-state index contributed by atoms with van der Waals surface area (Å²) in [6.45, 7) is 0. The van der Waals surface area contributed by atoms with Crippen LogP contribution in [-0.4, -0.2) is 4.98 Å². The largest absolute Gasteiger partial charge is 1.00 e. The van der Waals surface area contributed by atoms with Crippen LogP contribution in [-0.2, 0) is 0 Å². The Hall–Kier alpha value is 0.630. The summed E-state index contributed by atoms with van der Waals surface area (Å²) < 4.78 is 0. The maximum Gasteiger partial charge on any atom is 1.00 e. The summed E-state index contributed by atoms with van der Waals surface area (Å²) in [4.78, 5) is 3.62. The Balaban J connectivity index is 0.000000250. The van der Waals surface area contributed by atoms with Crippen LogP contribution in [0.3, 0.4) is 0 Å². The van der Waals surface area contributed by atoms with E-state index in [9.17, 15) is 0 Å². The maximum atomic E-state index is 3.62. The van der Waals surface area contributed by atoms with Gasteiger partial charge >= 0.3 is 29.6 Å². The van der Waals surface area contributed by atoms with Crippen LogP contribution >= 0.6 is 11.3 Å². The van der Waals surface area contributed by atoms with Crippen molar-refractivity contribution in [1.82, 2.24) is 4.98 Å². The van der Waals surface area contributed by atoms with E-state index in [1.807, 2.05) is 0 Å². The van der Waals surface area contributed by atoms with E-state index in [1.54, 1.807) is 22.2 Å². The van der Waals surface area contributed by atoms with Crippen LogP contribution in [0, 0.1) is 6.20 Å². The molecule has 1 heterocycles. The normalized spacial score (nSPS) is 6.67. The van der Waals surface area contributed by atoms with Crippen LogP contribution in [0.2, 0.25) is 0 Å². The van der Waals surface area contributed by atoms with Crippen molar-refractivity contribution in [2.75, 3.05) is 0 Å². The van der Waals surface area contributed by atoms with Gasteiger partial charge in [-0.15, -0.1) is 6.20 Å². The molecule has 0 saturated carbocycles. The fraction of sp³-hybridized carbons (Fsp3) is 0. The van der Waals surface area contributed by atoms with Gasteiger partial charge in [-0.1, -0.05) is 10.9 Å². The van der Waals surface area contributed by atoms with Gasteiger partial charge in [0.1, 0.15) is 0 Å². The molecule has 1 nitrogen and oxygen atoms in total. The average molecular weight is 107 g/mol. The summed E-state index contributed by atoms with van der Waals surface area (Å²) in [7, 11) is 0. The van der Waals surface area contributed by atoms with Crippen molar-refractivity contribution in [1.29, 1.82) is 0 Å². The number of aromatic nitrogens is 1. The van der Waals surface area contributed by atoms with Crippen LogP contribution in [0.1, 0.15) is 0 Å². The van der Waals surface area contributed by atoms with Crippen LogP contribution in [0.5, 0.6) is 0 Å². The van der Waals surface area contributed by atoms with Gasteiger partial charge in [0.15, 0.2) is 0 Å². The van der Waals surface area contributed by atoms with Crippen molar-refractivity contribution in [2.45, 2.75) is 0 Å². The summed E-state index contributed by atoms with van der Waals surface area (Å²) >= 11 is 1.55. The van der Waals surface area contributed by atoms with Crippen molar-refractivity contribution in [3.63, 3.8) is 0 Å². The van der Waals surface area contributed by atoms with Crippen LogP contribution in [0.15, 0.2) is 10.9 Å². The third-order valence-electron chi connectivity index (χ3n) is 0.309. The first-order chi connectivity index (χ1) is 2.50.